The molecule has 0 spiro atoms. The maximum absolute atomic E-state index is 5.75. The van der Waals surface area contributed by atoms with Crippen LogP contribution in [0, 0.1) is 0 Å². The molecule has 3 N–H and O–H groups in total. The summed E-state index contributed by atoms with van der Waals surface area (Å²) >= 11 is 5.21. The van der Waals surface area contributed by atoms with E-state index in [1.807, 2.05) is 29.8 Å². The molecule has 2 aromatic rings. The summed E-state index contributed by atoms with van der Waals surface area (Å²) in [6.07, 6.45) is 2.81. The van der Waals surface area contributed by atoms with Gasteiger partial charge in [-0.2, -0.15) is 0 Å². The normalized spacial score (nSPS) is 10.6. The number of nitrogen functional groups attached to an aromatic ring is 1. The highest BCUT2D eigenvalue weighted by Gasteiger charge is 2.00. The number of thiazole rings is 1. The number of halogens is 1. The Morgan fingerprint density at radius 2 is 2.29 bits per heavy atom. The molecule has 1 aromatic heterocycles. The van der Waals surface area contributed by atoms with Crippen LogP contribution in [0.2, 0.25) is 0 Å². The second-order valence-electron chi connectivity index (χ2n) is 3.70. The average Bonchev–Trinajstić information content (AvgIpc) is 2.82. The van der Waals surface area contributed by atoms with E-state index in [-0.39, 0.29) is 0 Å². The third kappa shape index (κ3) is 3.80. The predicted octanol–water partition coefficient (Wildman–Crippen LogP) is 2.82. The van der Waals surface area contributed by atoms with Crippen molar-refractivity contribution in [3.05, 3.63) is 44.8 Å². The molecule has 0 saturated carbocycles. The van der Waals surface area contributed by atoms with Gasteiger partial charge in [0.1, 0.15) is 0 Å². The zero-order valence-electron chi connectivity index (χ0n) is 9.32. The Labute approximate surface area is 113 Å². The fraction of sp³-hybridized carbons (Fsp3) is 0.250. The number of nitrogens with zero attached hydrogens (tertiary/aromatic N) is 1. The topological polar surface area (TPSA) is 50.9 Å². The van der Waals surface area contributed by atoms with E-state index in [1.54, 1.807) is 11.3 Å². The van der Waals surface area contributed by atoms with Crippen molar-refractivity contribution in [1.82, 2.24) is 10.3 Å². The molecule has 1 aromatic carbocycles. The van der Waals surface area contributed by atoms with E-state index in [0.717, 1.165) is 29.7 Å². The van der Waals surface area contributed by atoms with Crippen molar-refractivity contribution in [2.75, 3.05) is 12.3 Å². The van der Waals surface area contributed by atoms with E-state index in [2.05, 4.69) is 26.2 Å². The van der Waals surface area contributed by atoms with E-state index in [9.17, 15) is 0 Å². The van der Waals surface area contributed by atoms with Crippen LogP contribution >= 0.6 is 27.3 Å². The molecule has 0 saturated heterocycles. The first-order valence-electron chi connectivity index (χ1n) is 5.38. The fourth-order valence-electron chi connectivity index (χ4n) is 1.52. The number of hydrogen-bond acceptors (Lipinski definition) is 4. The van der Waals surface area contributed by atoms with Crippen LogP contribution in [0.4, 0.5) is 5.69 Å². The number of nitrogens with one attached hydrogen (secondary N) is 1. The standard InChI is InChI=1S/C12H14BrN3S/c13-11-2-1-10(14)7-9(11)8-15-4-3-12-16-5-6-17-12/h1-2,5-7,15H,3-4,8,14H2. The first-order chi connectivity index (χ1) is 8.25. The lowest BCUT2D eigenvalue weighted by Gasteiger charge is -2.07. The minimum atomic E-state index is 0.796. The largest absolute Gasteiger partial charge is 0.399 e. The van der Waals surface area contributed by atoms with E-state index in [1.165, 1.54) is 10.6 Å². The van der Waals surface area contributed by atoms with E-state index < -0.39 is 0 Å². The summed E-state index contributed by atoms with van der Waals surface area (Å²) in [6.45, 7) is 1.74. The van der Waals surface area contributed by atoms with Crippen LogP contribution in [0.1, 0.15) is 10.6 Å². The molecule has 0 radical (unpaired) electrons. The number of anilines is 1. The Kier molecular flexibility index (Phi) is 4.53. The quantitative estimate of drug-likeness (QED) is 0.659. The predicted molar refractivity (Wildman–Crippen MR) is 76.1 cm³/mol. The molecule has 0 aliphatic carbocycles. The van der Waals surface area contributed by atoms with Crippen LogP contribution in [-0.2, 0) is 13.0 Å². The highest BCUT2D eigenvalue weighted by Crippen LogP contribution is 2.19. The van der Waals surface area contributed by atoms with Gasteiger partial charge < -0.3 is 11.1 Å². The third-order valence-electron chi connectivity index (χ3n) is 2.38. The third-order valence-corrected chi connectivity index (χ3v) is 4.00. The second kappa shape index (κ2) is 6.14. The van der Waals surface area contributed by atoms with Crippen molar-refractivity contribution >= 4 is 33.0 Å². The lowest BCUT2D eigenvalue weighted by molar-refractivity contribution is 0.684. The number of benzene rings is 1. The Bertz CT molecular complexity index is 471. The first kappa shape index (κ1) is 12.5. The van der Waals surface area contributed by atoms with Crippen LogP contribution in [0.25, 0.3) is 0 Å². The maximum Gasteiger partial charge on any atom is 0.0937 e. The minimum absolute atomic E-state index is 0.796. The van der Waals surface area contributed by atoms with Gasteiger partial charge in [-0.1, -0.05) is 15.9 Å². The van der Waals surface area contributed by atoms with Gasteiger partial charge in [-0.05, 0) is 23.8 Å². The molecule has 0 amide bonds. The minimum Gasteiger partial charge on any atom is -0.399 e. The van der Waals surface area contributed by atoms with Crippen molar-refractivity contribution < 1.29 is 0 Å². The molecule has 0 aliphatic rings. The van der Waals surface area contributed by atoms with Gasteiger partial charge in [0.2, 0.25) is 0 Å². The summed E-state index contributed by atoms with van der Waals surface area (Å²) in [4.78, 5) is 4.24. The van der Waals surface area contributed by atoms with E-state index in [4.69, 9.17) is 5.73 Å². The van der Waals surface area contributed by atoms with Crippen LogP contribution in [-0.4, -0.2) is 11.5 Å². The van der Waals surface area contributed by atoms with Gasteiger partial charge in [0.25, 0.3) is 0 Å². The van der Waals surface area contributed by atoms with Crippen LogP contribution in [0.15, 0.2) is 34.2 Å². The van der Waals surface area contributed by atoms with Gasteiger partial charge in [0.05, 0.1) is 5.01 Å². The second-order valence-corrected chi connectivity index (χ2v) is 5.54. The molecule has 0 atom stereocenters. The lowest BCUT2D eigenvalue weighted by atomic mass is 10.2. The van der Waals surface area contributed by atoms with Gasteiger partial charge in [0, 0.05) is 41.2 Å². The monoisotopic (exact) mass is 311 g/mol. The summed E-state index contributed by atoms with van der Waals surface area (Å²) in [5.74, 6) is 0. The highest BCUT2D eigenvalue weighted by atomic mass is 79.9. The number of nitrogens with two attached hydrogens (primary N) is 1. The molecule has 3 nitrogen and oxygen atoms in total. The molecular weight excluding hydrogens is 298 g/mol. The smallest absolute Gasteiger partial charge is 0.0937 e. The van der Waals surface area contributed by atoms with E-state index >= 15 is 0 Å². The fourth-order valence-corrected chi connectivity index (χ4v) is 2.53. The van der Waals surface area contributed by atoms with Crippen molar-refractivity contribution in [3.8, 4) is 0 Å². The number of rotatable bonds is 5. The van der Waals surface area contributed by atoms with Crippen molar-refractivity contribution in [2.45, 2.75) is 13.0 Å². The Hall–Kier alpha value is -0.910. The Morgan fingerprint density at radius 3 is 3.06 bits per heavy atom. The molecule has 0 unspecified atom stereocenters. The maximum atomic E-state index is 5.75. The summed E-state index contributed by atoms with van der Waals surface area (Å²) in [6, 6.07) is 5.86. The molecule has 2 rings (SSSR count). The summed E-state index contributed by atoms with van der Waals surface area (Å²) < 4.78 is 1.09. The molecule has 0 aliphatic heterocycles. The Balaban J connectivity index is 1.80. The van der Waals surface area contributed by atoms with Crippen molar-refractivity contribution in [2.24, 2.45) is 0 Å². The summed E-state index contributed by atoms with van der Waals surface area (Å²) in [7, 11) is 0. The summed E-state index contributed by atoms with van der Waals surface area (Å²) in [5.41, 5.74) is 7.73. The number of hydrogen-bond donors (Lipinski definition) is 2. The van der Waals surface area contributed by atoms with Gasteiger partial charge in [-0.15, -0.1) is 11.3 Å². The van der Waals surface area contributed by atoms with Gasteiger partial charge >= 0.3 is 0 Å². The van der Waals surface area contributed by atoms with Crippen LogP contribution < -0.4 is 11.1 Å². The van der Waals surface area contributed by atoms with Crippen LogP contribution in [0.5, 0.6) is 0 Å². The zero-order valence-corrected chi connectivity index (χ0v) is 11.7. The van der Waals surface area contributed by atoms with Gasteiger partial charge in [-0.3, -0.25) is 0 Å². The van der Waals surface area contributed by atoms with Crippen molar-refractivity contribution in [3.63, 3.8) is 0 Å². The SMILES string of the molecule is Nc1ccc(Br)c(CNCCc2nccs2)c1. The van der Waals surface area contributed by atoms with Crippen LogP contribution in [0.3, 0.4) is 0 Å². The molecule has 0 bridgehead atoms. The molecule has 90 valence electrons. The lowest BCUT2D eigenvalue weighted by Crippen LogP contribution is -2.17. The number of aromatic nitrogens is 1. The molecular formula is C12H14BrN3S. The average molecular weight is 312 g/mol. The van der Waals surface area contributed by atoms with E-state index in [0.29, 0.717) is 0 Å². The van der Waals surface area contributed by atoms with Gasteiger partial charge in [-0.25, -0.2) is 4.98 Å². The molecule has 5 heteroatoms. The van der Waals surface area contributed by atoms with Crippen molar-refractivity contribution in [1.29, 1.82) is 0 Å². The highest BCUT2D eigenvalue weighted by molar-refractivity contribution is 9.10. The van der Waals surface area contributed by atoms with Gasteiger partial charge in [0.15, 0.2) is 0 Å². The molecule has 1 heterocycles. The first-order valence-corrected chi connectivity index (χ1v) is 7.06. The molecule has 17 heavy (non-hydrogen) atoms. The Morgan fingerprint density at radius 1 is 1.41 bits per heavy atom. The summed E-state index contributed by atoms with van der Waals surface area (Å²) in [5, 5.41) is 6.56. The zero-order chi connectivity index (χ0) is 12.1. The molecule has 0 fully saturated rings.